The third kappa shape index (κ3) is 6.53. The van der Waals surface area contributed by atoms with Crippen molar-refractivity contribution < 1.29 is 27.8 Å². The lowest BCUT2D eigenvalue weighted by Crippen LogP contribution is -2.32. The first kappa shape index (κ1) is 21.7. The Morgan fingerprint density at radius 3 is 2.32 bits per heavy atom. The molecule has 2 atom stereocenters. The van der Waals surface area contributed by atoms with Crippen LogP contribution >= 0.6 is 11.8 Å². The lowest BCUT2D eigenvalue weighted by atomic mass is 10.2. The van der Waals surface area contributed by atoms with Gasteiger partial charge in [-0.2, -0.15) is 8.78 Å². The van der Waals surface area contributed by atoms with Crippen molar-refractivity contribution in [3.05, 3.63) is 54.1 Å². The number of aryl methyl sites for hydroxylation is 1. The highest BCUT2D eigenvalue weighted by molar-refractivity contribution is 8.00. The minimum absolute atomic E-state index is 0.0674. The highest BCUT2D eigenvalue weighted by atomic mass is 32.2. The number of amides is 1. The van der Waals surface area contributed by atoms with E-state index in [1.807, 2.05) is 31.2 Å². The molecule has 150 valence electrons. The molecule has 2 aromatic rings. The van der Waals surface area contributed by atoms with E-state index in [1.54, 1.807) is 13.0 Å². The molecule has 0 heterocycles. The summed E-state index contributed by atoms with van der Waals surface area (Å²) in [5.74, 6) is -1.37. The molecule has 1 amide bonds. The van der Waals surface area contributed by atoms with E-state index in [0.29, 0.717) is 0 Å². The number of ether oxygens (including phenoxy) is 2. The topological polar surface area (TPSA) is 64.6 Å². The molecular weight excluding hydrogens is 388 g/mol. The first-order valence-electron chi connectivity index (χ1n) is 8.54. The molecule has 0 aromatic heterocycles. The summed E-state index contributed by atoms with van der Waals surface area (Å²) >= 11 is 1.32. The summed E-state index contributed by atoms with van der Waals surface area (Å²) in [7, 11) is 0. The minimum Gasteiger partial charge on any atom is -0.452 e. The zero-order valence-electron chi connectivity index (χ0n) is 15.6. The summed E-state index contributed by atoms with van der Waals surface area (Å²) in [5, 5.41) is 1.91. The van der Waals surface area contributed by atoms with Crippen molar-refractivity contribution in [2.45, 2.75) is 43.6 Å². The maximum atomic E-state index is 12.5. The third-order valence-corrected chi connectivity index (χ3v) is 4.78. The average molecular weight is 409 g/mol. The summed E-state index contributed by atoms with van der Waals surface area (Å²) in [6.07, 6.45) is -1.10. The summed E-state index contributed by atoms with van der Waals surface area (Å²) in [5.41, 5.74) is 1.18. The molecule has 0 aliphatic rings. The number of carbonyl (C=O) groups is 2. The number of para-hydroxylation sites is 2. The summed E-state index contributed by atoms with van der Waals surface area (Å²) in [4.78, 5) is 25.4. The van der Waals surface area contributed by atoms with Crippen LogP contribution in [-0.2, 0) is 14.3 Å². The van der Waals surface area contributed by atoms with Crippen LogP contribution in [0.15, 0.2) is 53.4 Å². The quantitative estimate of drug-likeness (QED) is 0.508. The van der Waals surface area contributed by atoms with E-state index in [2.05, 4.69) is 10.1 Å². The van der Waals surface area contributed by atoms with Gasteiger partial charge in [0.1, 0.15) is 11.0 Å². The van der Waals surface area contributed by atoms with Gasteiger partial charge in [0.2, 0.25) is 0 Å². The Morgan fingerprint density at radius 2 is 1.68 bits per heavy atom. The van der Waals surface area contributed by atoms with Crippen molar-refractivity contribution >= 4 is 29.3 Å². The highest BCUT2D eigenvalue weighted by Crippen LogP contribution is 2.27. The SMILES string of the molecule is Cc1ccc(S[C@@H](C)C(=O)O[C@@H](C)C(=O)Nc2ccccc2OC(F)F)cc1. The molecule has 0 saturated heterocycles. The lowest BCUT2D eigenvalue weighted by molar-refractivity contribution is -0.152. The molecule has 28 heavy (non-hydrogen) atoms. The Bertz CT molecular complexity index is 814. The standard InChI is InChI=1S/C20H21F2NO4S/c1-12-8-10-15(11-9-12)28-14(3)19(25)26-13(2)18(24)23-16-6-4-5-7-17(16)27-20(21)22/h4-11,13-14,20H,1-3H3,(H,23,24)/t13-,14-/m0/s1. The van der Waals surface area contributed by atoms with Gasteiger partial charge in [-0.1, -0.05) is 29.8 Å². The summed E-state index contributed by atoms with van der Waals surface area (Å²) in [6.45, 7) is 2.04. The zero-order chi connectivity index (χ0) is 20.7. The lowest BCUT2D eigenvalue weighted by Gasteiger charge is -2.17. The van der Waals surface area contributed by atoms with Gasteiger partial charge in [-0.15, -0.1) is 11.8 Å². The number of alkyl halides is 2. The predicted octanol–water partition coefficient (Wildman–Crippen LogP) is 4.65. The molecule has 0 spiro atoms. The first-order chi connectivity index (χ1) is 13.3. The summed E-state index contributed by atoms with van der Waals surface area (Å²) in [6, 6.07) is 13.5. The number of anilines is 1. The van der Waals surface area contributed by atoms with Crippen molar-refractivity contribution in [3.63, 3.8) is 0 Å². The fraction of sp³-hybridized carbons (Fsp3) is 0.300. The van der Waals surface area contributed by atoms with E-state index in [4.69, 9.17) is 4.74 Å². The highest BCUT2D eigenvalue weighted by Gasteiger charge is 2.23. The molecule has 0 radical (unpaired) electrons. The molecule has 2 rings (SSSR count). The van der Waals surface area contributed by atoms with E-state index in [1.165, 1.54) is 36.9 Å². The molecule has 0 aliphatic carbocycles. The second-order valence-corrected chi connectivity index (χ2v) is 7.43. The summed E-state index contributed by atoms with van der Waals surface area (Å²) < 4.78 is 34.5. The molecular formula is C20H21F2NO4S. The van der Waals surface area contributed by atoms with Crippen molar-refractivity contribution in [3.8, 4) is 5.75 Å². The van der Waals surface area contributed by atoms with Crippen LogP contribution in [0, 0.1) is 6.92 Å². The van der Waals surface area contributed by atoms with Crippen LogP contribution in [0.5, 0.6) is 5.75 Å². The van der Waals surface area contributed by atoms with Crippen molar-refractivity contribution in [2.24, 2.45) is 0 Å². The van der Waals surface area contributed by atoms with Crippen LogP contribution in [0.2, 0.25) is 0 Å². The molecule has 0 saturated carbocycles. The third-order valence-electron chi connectivity index (χ3n) is 3.69. The smallest absolute Gasteiger partial charge is 0.387 e. The van der Waals surface area contributed by atoms with Gasteiger partial charge >= 0.3 is 12.6 Å². The van der Waals surface area contributed by atoms with Crippen molar-refractivity contribution in [2.75, 3.05) is 5.32 Å². The van der Waals surface area contributed by atoms with Crippen LogP contribution in [0.4, 0.5) is 14.5 Å². The van der Waals surface area contributed by atoms with E-state index >= 15 is 0 Å². The number of hydrogen-bond acceptors (Lipinski definition) is 5. The van der Waals surface area contributed by atoms with Gasteiger partial charge < -0.3 is 14.8 Å². The average Bonchev–Trinajstić information content (AvgIpc) is 2.64. The van der Waals surface area contributed by atoms with Crippen LogP contribution < -0.4 is 10.1 Å². The Hall–Kier alpha value is -2.61. The van der Waals surface area contributed by atoms with Crippen LogP contribution in [0.25, 0.3) is 0 Å². The minimum atomic E-state index is -3.02. The maximum absolute atomic E-state index is 12.5. The molecule has 8 heteroatoms. The number of hydrogen-bond donors (Lipinski definition) is 1. The van der Waals surface area contributed by atoms with Gasteiger partial charge in [0.15, 0.2) is 6.10 Å². The Labute approximate surface area is 166 Å². The second kappa shape index (κ2) is 10.1. The molecule has 0 bridgehead atoms. The Balaban J connectivity index is 1.92. The number of halogens is 2. The number of benzene rings is 2. The number of nitrogens with one attached hydrogen (secondary N) is 1. The number of carbonyl (C=O) groups excluding carboxylic acids is 2. The predicted molar refractivity (Wildman–Crippen MR) is 104 cm³/mol. The second-order valence-electron chi connectivity index (χ2n) is 6.02. The van der Waals surface area contributed by atoms with E-state index in [0.717, 1.165) is 10.5 Å². The fourth-order valence-electron chi connectivity index (χ4n) is 2.20. The largest absolute Gasteiger partial charge is 0.452 e. The molecule has 5 nitrogen and oxygen atoms in total. The van der Waals surface area contributed by atoms with E-state index in [-0.39, 0.29) is 11.4 Å². The zero-order valence-corrected chi connectivity index (χ0v) is 16.5. The van der Waals surface area contributed by atoms with Crippen LogP contribution in [-0.4, -0.2) is 29.8 Å². The van der Waals surface area contributed by atoms with Gasteiger partial charge in [0.05, 0.1) is 5.69 Å². The van der Waals surface area contributed by atoms with E-state index < -0.39 is 29.8 Å². The Morgan fingerprint density at radius 1 is 1.04 bits per heavy atom. The fourth-order valence-corrected chi connectivity index (χ4v) is 3.05. The normalized spacial score (nSPS) is 12.9. The number of thioether (sulfide) groups is 1. The monoisotopic (exact) mass is 409 g/mol. The number of rotatable bonds is 8. The molecule has 0 aliphatic heterocycles. The van der Waals surface area contributed by atoms with Gasteiger partial charge in [-0.25, -0.2) is 0 Å². The van der Waals surface area contributed by atoms with Gasteiger partial charge in [0, 0.05) is 4.90 Å². The molecule has 1 N–H and O–H groups in total. The van der Waals surface area contributed by atoms with E-state index in [9.17, 15) is 18.4 Å². The number of esters is 1. The maximum Gasteiger partial charge on any atom is 0.387 e. The van der Waals surface area contributed by atoms with Crippen LogP contribution in [0.1, 0.15) is 19.4 Å². The van der Waals surface area contributed by atoms with Gasteiger partial charge in [-0.3, -0.25) is 9.59 Å². The van der Waals surface area contributed by atoms with Crippen molar-refractivity contribution in [1.29, 1.82) is 0 Å². The molecule has 0 unspecified atom stereocenters. The molecule has 2 aromatic carbocycles. The Kier molecular flexibility index (Phi) is 7.80. The van der Waals surface area contributed by atoms with Crippen LogP contribution in [0.3, 0.4) is 0 Å². The van der Waals surface area contributed by atoms with Crippen molar-refractivity contribution in [1.82, 2.24) is 0 Å². The van der Waals surface area contributed by atoms with Gasteiger partial charge in [-0.05, 0) is 45.0 Å². The molecule has 0 fully saturated rings. The van der Waals surface area contributed by atoms with Gasteiger partial charge in [0.25, 0.3) is 5.91 Å². The first-order valence-corrected chi connectivity index (χ1v) is 9.42.